The molecule has 0 aromatic heterocycles. The van der Waals surface area contributed by atoms with Gasteiger partial charge in [-0.05, 0) is 18.4 Å². The number of thioether (sulfide) groups is 1. The van der Waals surface area contributed by atoms with Crippen LogP contribution in [-0.2, 0) is 19.2 Å². The van der Waals surface area contributed by atoms with E-state index in [0.29, 0.717) is 4.90 Å². The highest BCUT2D eigenvalue weighted by atomic mass is 35.5. The second kappa shape index (κ2) is 6.95. The Hall–Kier alpha value is -2.26. The molecule has 8 nitrogen and oxygen atoms in total. The first-order chi connectivity index (χ1) is 9.76. The molecule has 0 aliphatic rings. The van der Waals surface area contributed by atoms with Crippen LogP contribution < -0.4 is 10.6 Å². The Morgan fingerprint density at radius 1 is 1.00 bits per heavy atom. The summed E-state index contributed by atoms with van der Waals surface area (Å²) in [5.74, 6) is -6.05. The van der Waals surface area contributed by atoms with Gasteiger partial charge in [-0.15, -0.1) is 11.8 Å². The van der Waals surface area contributed by atoms with E-state index in [0.717, 1.165) is 0 Å². The van der Waals surface area contributed by atoms with Gasteiger partial charge < -0.3 is 20.8 Å². The molecule has 0 radical (unpaired) electrons. The van der Waals surface area contributed by atoms with Gasteiger partial charge in [-0.1, -0.05) is 11.6 Å². The van der Waals surface area contributed by atoms with Crippen LogP contribution in [-0.4, -0.2) is 40.2 Å². The van der Waals surface area contributed by atoms with E-state index in [1.807, 2.05) is 10.6 Å². The maximum atomic E-state index is 11.1. The molecule has 1 aromatic rings. The van der Waals surface area contributed by atoms with Crippen molar-refractivity contribution in [1.29, 1.82) is 0 Å². The highest BCUT2D eigenvalue weighted by molar-refractivity contribution is 7.98. The number of nitrogens with one attached hydrogen (secondary N) is 2. The van der Waals surface area contributed by atoms with E-state index in [2.05, 4.69) is 0 Å². The molecule has 0 heterocycles. The number of rotatable bonds is 3. The molecule has 112 valence electrons. The number of carboxylic acids is 2. The Balaban J connectivity index is 3.20. The number of aliphatic carboxylic acids is 2. The van der Waals surface area contributed by atoms with Crippen LogP contribution in [0, 0.1) is 0 Å². The fraction of sp³-hybridized carbons (Fsp3) is 0.0909. The maximum absolute atomic E-state index is 11.1. The topological polar surface area (TPSA) is 133 Å². The van der Waals surface area contributed by atoms with Crippen molar-refractivity contribution in [3.63, 3.8) is 0 Å². The average Bonchev–Trinajstić information content (AvgIpc) is 2.42. The molecule has 10 heteroatoms. The number of hydrogen-bond donors (Lipinski definition) is 4. The molecule has 0 unspecified atom stereocenters. The van der Waals surface area contributed by atoms with Crippen LogP contribution in [0.1, 0.15) is 0 Å². The number of hydrogen-bond acceptors (Lipinski definition) is 5. The summed E-state index contributed by atoms with van der Waals surface area (Å²) < 4.78 is 0. The molecule has 0 bridgehead atoms. The summed E-state index contributed by atoms with van der Waals surface area (Å²) in [6.45, 7) is 0. The summed E-state index contributed by atoms with van der Waals surface area (Å²) in [6.07, 6.45) is 1.69. The molecule has 0 saturated carbocycles. The van der Waals surface area contributed by atoms with Gasteiger partial charge in [-0.25, -0.2) is 9.59 Å². The van der Waals surface area contributed by atoms with Gasteiger partial charge in [0.25, 0.3) is 0 Å². The number of anilines is 2. The molecule has 2 amide bonds. The SMILES string of the molecule is CSc1cc(NC(=O)C(=O)O)c(Cl)c(NC(=O)C(=O)O)c1. The van der Waals surface area contributed by atoms with E-state index >= 15 is 0 Å². The van der Waals surface area contributed by atoms with Gasteiger partial charge in [0.2, 0.25) is 0 Å². The van der Waals surface area contributed by atoms with Crippen molar-refractivity contribution in [2.75, 3.05) is 16.9 Å². The second-order valence-corrected chi connectivity index (χ2v) is 4.81. The zero-order valence-corrected chi connectivity index (χ0v) is 12.0. The first-order valence-electron chi connectivity index (χ1n) is 5.22. The van der Waals surface area contributed by atoms with Crippen molar-refractivity contribution < 1.29 is 29.4 Å². The molecule has 0 aliphatic heterocycles. The number of carbonyl (C=O) groups excluding carboxylic acids is 2. The lowest BCUT2D eigenvalue weighted by Gasteiger charge is -2.12. The van der Waals surface area contributed by atoms with Gasteiger partial charge >= 0.3 is 23.8 Å². The zero-order chi connectivity index (χ0) is 16.2. The molecule has 4 N–H and O–H groups in total. The molecule has 0 atom stereocenters. The lowest BCUT2D eigenvalue weighted by atomic mass is 10.2. The van der Waals surface area contributed by atoms with Crippen molar-refractivity contribution in [2.45, 2.75) is 4.90 Å². The standard InChI is InChI=1S/C11H9ClN2O6S/c1-21-4-2-5(13-8(15)10(17)18)7(12)6(3-4)14-9(16)11(19)20/h2-3H,1H3,(H,13,15)(H,14,16)(H,17,18)(H,19,20). The predicted octanol–water partition coefficient (Wildman–Crippen LogP) is 1.11. The lowest BCUT2D eigenvalue weighted by Crippen LogP contribution is -2.24. The van der Waals surface area contributed by atoms with Crippen molar-refractivity contribution in [3.05, 3.63) is 17.2 Å². The first kappa shape index (κ1) is 16.8. The van der Waals surface area contributed by atoms with Crippen LogP contribution >= 0.6 is 23.4 Å². The van der Waals surface area contributed by atoms with Crippen LogP contribution in [0.15, 0.2) is 17.0 Å². The third-order valence-corrected chi connectivity index (χ3v) is 3.28. The number of carboxylic acid groups (broad SMARTS) is 2. The van der Waals surface area contributed by atoms with Crippen molar-refractivity contribution >= 4 is 58.5 Å². The Labute approximate surface area is 127 Å². The van der Waals surface area contributed by atoms with Gasteiger partial charge in [0.15, 0.2) is 0 Å². The molecule has 1 aromatic carbocycles. The number of amides is 2. The van der Waals surface area contributed by atoms with Crippen molar-refractivity contribution in [3.8, 4) is 0 Å². The number of halogens is 1. The molecular weight excluding hydrogens is 324 g/mol. The van der Waals surface area contributed by atoms with Crippen molar-refractivity contribution in [2.24, 2.45) is 0 Å². The summed E-state index contributed by atoms with van der Waals surface area (Å²) >= 11 is 7.13. The lowest BCUT2D eigenvalue weighted by molar-refractivity contribution is -0.147. The van der Waals surface area contributed by atoms with Crippen molar-refractivity contribution in [1.82, 2.24) is 0 Å². The fourth-order valence-corrected chi connectivity index (χ4v) is 1.92. The van der Waals surface area contributed by atoms with Gasteiger partial charge in [-0.2, -0.15) is 0 Å². The number of benzene rings is 1. The van der Waals surface area contributed by atoms with Gasteiger partial charge in [0, 0.05) is 4.90 Å². The molecule has 21 heavy (non-hydrogen) atoms. The summed E-state index contributed by atoms with van der Waals surface area (Å²) in [7, 11) is 0. The Morgan fingerprint density at radius 3 is 1.67 bits per heavy atom. The highest BCUT2D eigenvalue weighted by Gasteiger charge is 2.19. The van der Waals surface area contributed by atoms with Crippen LogP contribution in [0.5, 0.6) is 0 Å². The number of carbonyl (C=O) groups is 4. The van der Waals surface area contributed by atoms with Gasteiger partial charge in [-0.3, -0.25) is 9.59 Å². The largest absolute Gasteiger partial charge is 0.474 e. The molecule has 0 aliphatic carbocycles. The average molecular weight is 333 g/mol. The Bertz CT molecular complexity index is 584. The zero-order valence-electron chi connectivity index (χ0n) is 10.5. The van der Waals surface area contributed by atoms with E-state index in [1.165, 1.54) is 23.9 Å². The summed E-state index contributed by atoms with van der Waals surface area (Å²) in [4.78, 5) is 43.9. The second-order valence-electron chi connectivity index (χ2n) is 3.56. The minimum Gasteiger partial charge on any atom is -0.474 e. The third kappa shape index (κ3) is 4.36. The quantitative estimate of drug-likeness (QED) is 0.481. The minimum absolute atomic E-state index is 0.0587. The molecule has 0 saturated heterocycles. The first-order valence-corrected chi connectivity index (χ1v) is 6.82. The van der Waals surface area contributed by atoms with Crippen LogP contribution in [0.25, 0.3) is 0 Å². The molecule has 1 rings (SSSR count). The maximum Gasteiger partial charge on any atom is 0.394 e. The van der Waals surface area contributed by atoms with Gasteiger partial charge in [0.1, 0.15) is 0 Å². The van der Waals surface area contributed by atoms with Crippen LogP contribution in [0.4, 0.5) is 11.4 Å². The summed E-state index contributed by atoms with van der Waals surface area (Å²) in [6, 6.07) is 2.79. The summed E-state index contributed by atoms with van der Waals surface area (Å²) in [5.41, 5.74) is -0.117. The van der Waals surface area contributed by atoms with E-state index in [9.17, 15) is 19.2 Å². The highest BCUT2D eigenvalue weighted by Crippen LogP contribution is 2.35. The predicted molar refractivity (Wildman–Crippen MR) is 75.8 cm³/mol. The van der Waals surface area contributed by atoms with E-state index in [-0.39, 0.29) is 16.4 Å². The Kier molecular flexibility index (Phi) is 5.56. The van der Waals surface area contributed by atoms with E-state index in [4.69, 9.17) is 21.8 Å². The summed E-state index contributed by atoms with van der Waals surface area (Å²) in [5, 5.41) is 21.0. The minimum atomic E-state index is -1.71. The van der Waals surface area contributed by atoms with E-state index < -0.39 is 23.8 Å². The normalized spacial score (nSPS) is 9.81. The smallest absolute Gasteiger partial charge is 0.394 e. The monoisotopic (exact) mass is 332 g/mol. The van der Waals surface area contributed by atoms with Crippen LogP contribution in [0.3, 0.4) is 0 Å². The Morgan fingerprint density at radius 2 is 1.38 bits per heavy atom. The molecule has 0 spiro atoms. The third-order valence-electron chi connectivity index (χ3n) is 2.17. The van der Waals surface area contributed by atoms with E-state index in [1.54, 1.807) is 6.26 Å². The molecule has 0 fully saturated rings. The fourth-order valence-electron chi connectivity index (χ4n) is 1.25. The molecular formula is C11H9ClN2O6S. The van der Waals surface area contributed by atoms with Crippen LogP contribution in [0.2, 0.25) is 5.02 Å². The van der Waals surface area contributed by atoms with Gasteiger partial charge in [0.05, 0.1) is 16.4 Å².